The number of hydrogen-bond acceptors (Lipinski definition) is 15. The van der Waals surface area contributed by atoms with Crippen LogP contribution in [0.3, 0.4) is 0 Å². The van der Waals surface area contributed by atoms with Gasteiger partial charge in [-0.15, -0.1) is 0 Å². The summed E-state index contributed by atoms with van der Waals surface area (Å²) in [7, 11) is 0. The van der Waals surface area contributed by atoms with Crippen LogP contribution in [0.15, 0.2) is 153 Å². The Labute approximate surface area is 454 Å². The van der Waals surface area contributed by atoms with E-state index in [9.17, 15) is 24.0 Å². The number of carbonyl (C=O) groups is 5. The van der Waals surface area contributed by atoms with Crippen LogP contribution in [0.2, 0.25) is 0 Å². The Morgan fingerprint density at radius 3 is 0.937 bits per heavy atom. The normalized spacial score (nSPS) is 14.0. The molecule has 0 aliphatic carbocycles. The predicted molar refractivity (Wildman–Crippen MR) is 311 cm³/mol. The molecule has 79 heavy (non-hydrogen) atoms. The second-order valence-electron chi connectivity index (χ2n) is 18.3. The Kier molecular flexibility index (Phi) is 16.4. The molecule has 23 nitrogen and oxygen atoms in total. The van der Waals surface area contributed by atoms with E-state index >= 15 is 0 Å². The average Bonchev–Trinajstić information content (AvgIpc) is 4.34. The lowest BCUT2D eigenvalue weighted by Gasteiger charge is -2.15. The van der Waals surface area contributed by atoms with Gasteiger partial charge in [-0.1, -0.05) is 0 Å². The van der Waals surface area contributed by atoms with Gasteiger partial charge in [-0.25, -0.2) is 14.4 Å². The van der Waals surface area contributed by atoms with Gasteiger partial charge in [0.05, 0.1) is 32.8 Å². The number of rotatable bonds is 19. The average molecular weight is 1060 g/mol. The summed E-state index contributed by atoms with van der Waals surface area (Å²) < 4.78 is 0. The fourth-order valence-corrected chi connectivity index (χ4v) is 8.77. The Morgan fingerprint density at radius 2 is 0.620 bits per heavy atom. The Balaban J connectivity index is 0.783. The molecular formula is C56H58N18O5. The minimum Gasteiger partial charge on any atom is -0.368 e. The molecule has 0 saturated carbocycles. The molecular weight excluding hydrogens is 1000 g/mol. The first-order valence-electron chi connectivity index (χ1n) is 25.8. The zero-order valence-electron chi connectivity index (χ0n) is 42.8. The van der Waals surface area contributed by atoms with Gasteiger partial charge in [-0.05, 0) is 133 Å². The van der Waals surface area contributed by atoms with Gasteiger partial charge < -0.3 is 74.4 Å². The second kappa shape index (κ2) is 24.9. The molecule has 4 aliphatic rings. The molecule has 0 unspecified atom stereocenters. The summed E-state index contributed by atoms with van der Waals surface area (Å²) in [6.07, 6.45) is 0. The van der Waals surface area contributed by atoms with E-state index in [0.29, 0.717) is 48.1 Å². The van der Waals surface area contributed by atoms with Crippen LogP contribution in [-0.4, -0.2) is 125 Å². The SMILES string of the molecule is O=C(Nc1ccc(C2=NCCN2)cc1)Nc1cc(NCNc2ccc(C3=NCCN3)cc2)cc(C(=O)NCCNC(=O)c2cc(NC(=O)Nc3ccc(C4=NCCN4)cc3)cc(NC(=O)Nc3ccc(C4=NCCN4)cc3)c2)c1. The van der Waals surface area contributed by atoms with Crippen molar-refractivity contribution in [3.8, 4) is 0 Å². The lowest BCUT2D eigenvalue weighted by molar-refractivity contribution is 0.0928. The van der Waals surface area contributed by atoms with Gasteiger partial charge in [0.2, 0.25) is 0 Å². The Hall–Kier alpha value is -10.5. The van der Waals surface area contributed by atoms with Gasteiger partial charge in [0.1, 0.15) is 23.3 Å². The first-order valence-corrected chi connectivity index (χ1v) is 25.8. The fourth-order valence-electron chi connectivity index (χ4n) is 8.77. The van der Waals surface area contributed by atoms with Crippen molar-refractivity contribution in [2.75, 3.05) is 115 Å². The second-order valence-corrected chi connectivity index (χ2v) is 18.3. The van der Waals surface area contributed by atoms with Gasteiger partial charge in [0, 0.05) is 118 Å². The smallest absolute Gasteiger partial charge is 0.323 e. The van der Waals surface area contributed by atoms with E-state index in [2.05, 4.69) is 94.4 Å². The van der Waals surface area contributed by atoms with Crippen LogP contribution >= 0.6 is 0 Å². The quantitative estimate of drug-likeness (QED) is 0.0347. The zero-order chi connectivity index (χ0) is 54.3. The molecule has 402 valence electrons. The van der Waals surface area contributed by atoms with E-state index in [1.54, 1.807) is 54.6 Å². The summed E-state index contributed by atoms with van der Waals surface area (Å²) in [6, 6.07) is 37.2. The number of amides is 8. The maximum absolute atomic E-state index is 13.8. The van der Waals surface area contributed by atoms with Crippen LogP contribution in [0.1, 0.15) is 43.0 Å². The zero-order valence-corrected chi connectivity index (χ0v) is 42.8. The first-order chi connectivity index (χ1) is 38.6. The molecule has 14 N–H and O–H groups in total. The van der Waals surface area contributed by atoms with Crippen molar-refractivity contribution >= 4 is 98.7 Å². The molecule has 4 heterocycles. The molecule has 6 aromatic rings. The molecule has 0 aromatic heterocycles. The van der Waals surface area contributed by atoms with Gasteiger partial charge >= 0.3 is 18.1 Å². The Bertz CT molecular complexity index is 3260. The number of aliphatic imine (C=N–C) groups is 4. The highest BCUT2D eigenvalue weighted by Gasteiger charge is 2.17. The van der Waals surface area contributed by atoms with Crippen molar-refractivity contribution in [3.63, 3.8) is 0 Å². The number of carbonyl (C=O) groups excluding carboxylic acids is 5. The van der Waals surface area contributed by atoms with Crippen LogP contribution < -0.4 is 74.4 Å². The minimum atomic E-state index is -0.591. The fraction of sp³-hybridized carbons (Fsp3) is 0.196. The third-order valence-corrected chi connectivity index (χ3v) is 12.5. The number of benzene rings is 6. The van der Waals surface area contributed by atoms with Crippen molar-refractivity contribution in [3.05, 3.63) is 167 Å². The van der Waals surface area contributed by atoms with Crippen LogP contribution in [0.4, 0.5) is 59.9 Å². The number of anilines is 8. The number of amidine groups is 4. The molecule has 0 radical (unpaired) electrons. The van der Waals surface area contributed by atoms with Crippen molar-refractivity contribution in [2.45, 2.75) is 0 Å². The molecule has 0 saturated heterocycles. The van der Waals surface area contributed by atoms with Crippen molar-refractivity contribution < 1.29 is 24.0 Å². The van der Waals surface area contributed by atoms with Gasteiger partial charge in [0.15, 0.2) is 0 Å². The summed E-state index contributed by atoms with van der Waals surface area (Å²) in [6.45, 7) is 6.26. The summed E-state index contributed by atoms with van der Waals surface area (Å²) in [5.74, 6) is 2.23. The van der Waals surface area contributed by atoms with E-state index in [1.807, 2.05) is 60.7 Å². The largest absolute Gasteiger partial charge is 0.368 e. The lowest BCUT2D eigenvalue weighted by atomic mass is 10.1. The highest BCUT2D eigenvalue weighted by molar-refractivity contribution is 6.07. The number of urea groups is 3. The highest BCUT2D eigenvalue weighted by atomic mass is 16.2. The first kappa shape index (κ1) is 52.0. The molecule has 10 rings (SSSR count). The third kappa shape index (κ3) is 14.3. The van der Waals surface area contributed by atoms with Crippen molar-refractivity contribution in [1.82, 2.24) is 31.9 Å². The van der Waals surface area contributed by atoms with E-state index < -0.39 is 29.9 Å². The molecule has 0 spiro atoms. The third-order valence-electron chi connectivity index (χ3n) is 12.5. The monoisotopic (exact) mass is 1060 g/mol. The highest BCUT2D eigenvalue weighted by Crippen LogP contribution is 2.23. The predicted octanol–water partition coefficient (Wildman–Crippen LogP) is 5.66. The van der Waals surface area contributed by atoms with E-state index in [4.69, 9.17) is 0 Å². The summed E-state index contributed by atoms with van der Waals surface area (Å²) in [5.41, 5.74) is 7.76. The summed E-state index contributed by atoms with van der Waals surface area (Å²) in [4.78, 5) is 85.3. The number of nitrogens with one attached hydrogen (secondary N) is 14. The van der Waals surface area contributed by atoms with Crippen LogP contribution in [0.25, 0.3) is 0 Å². The van der Waals surface area contributed by atoms with Crippen LogP contribution in [0.5, 0.6) is 0 Å². The van der Waals surface area contributed by atoms with Crippen molar-refractivity contribution in [2.24, 2.45) is 20.0 Å². The molecule has 0 fully saturated rings. The minimum absolute atomic E-state index is 0.00160. The van der Waals surface area contributed by atoms with Gasteiger partial charge in [0.25, 0.3) is 11.8 Å². The maximum Gasteiger partial charge on any atom is 0.323 e. The molecule has 8 amide bonds. The van der Waals surface area contributed by atoms with Crippen LogP contribution in [0, 0.1) is 0 Å². The lowest BCUT2D eigenvalue weighted by Crippen LogP contribution is -2.35. The molecule has 23 heteroatoms. The maximum atomic E-state index is 13.8. The standard InChI is InChI=1S/C56H58N18O5/c75-52(38-27-44(68-33-67-40-9-1-34(2-10-40)48-57-17-18-58-48)31-45(28-38)72-54(77)69-41-11-3-35(4-12-41)49-59-19-20-60-49)65-25-26-66-53(76)39-29-46(73-55(78)70-42-13-5-36(6-14-42)50-61-21-22-62-50)32-47(30-39)74-56(79)71-43-15-7-37(8-16-43)51-63-23-24-64-51/h1-16,27-32,67-68H,17-26,33H2,(H,57,58)(H,59,60)(H,61,62)(H,63,64)(H,65,75)(H,66,76)(H2,69,72,77)(H2,70,73,78)(H2,71,74,79). The molecule has 6 aromatic carbocycles. The molecule has 0 atom stereocenters. The number of nitrogens with zero attached hydrogens (tertiary/aromatic N) is 4. The molecule has 4 aliphatic heterocycles. The van der Waals surface area contributed by atoms with Gasteiger partial charge in [-0.3, -0.25) is 29.6 Å². The molecule has 0 bridgehead atoms. The van der Waals surface area contributed by atoms with E-state index in [1.165, 1.54) is 18.2 Å². The topological polar surface area (TPSA) is 303 Å². The van der Waals surface area contributed by atoms with E-state index in [-0.39, 0.29) is 42.3 Å². The van der Waals surface area contributed by atoms with Gasteiger partial charge in [-0.2, -0.15) is 0 Å². The summed E-state index contributed by atoms with van der Waals surface area (Å²) in [5, 5.41) is 42.0. The van der Waals surface area contributed by atoms with Crippen molar-refractivity contribution in [1.29, 1.82) is 0 Å². The van der Waals surface area contributed by atoms with Crippen LogP contribution in [-0.2, 0) is 0 Å². The Morgan fingerprint density at radius 1 is 0.342 bits per heavy atom. The summed E-state index contributed by atoms with van der Waals surface area (Å²) >= 11 is 0. The van der Waals surface area contributed by atoms with E-state index in [0.717, 1.165) is 84.0 Å². The number of hydrogen-bond donors (Lipinski definition) is 14.